The van der Waals surface area contributed by atoms with Crippen molar-refractivity contribution >= 4 is 22.1 Å². The highest BCUT2D eigenvalue weighted by Gasteiger charge is 2.56. The second kappa shape index (κ2) is 8.14. The normalized spacial score (nSPS) is 19.8. The monoisotopic (exact) mass is 481 g/mol. The van der Waals surface area contributed by atoms with Crippen LogP contribution in [0.15, 0.2) is 30.6 Å². The van der Waals surface area contributed by atoms with Crippen LogP contribution in [0, 0.1) is 6.92 Å². The lowest BCUT2D eigenvalue weighted by Gasteiger charge is -2.40. The minimum atomic E-state index is -3.05. The van der Waals surface area contributed by atoms with Crippen LogP contribution in [0.1, 0.15) is 40.1 Å². The number of nitrogens with zero attached hydrogens (tertiary/aromatic N) is 3. The number of aryl methyl sites for hydroxylation is 1. The van der Waals surface area contributed by atoms with Gasteiger partial charge in [0.15, 0.2) is 16.4 Å². The molecule has 1 fully saturated rings. The topological polar surface area (TPSA) is 72.2 Å². The first-order valence-corrected chi connectivity index (χ1v) is 12.3. The fourth-order valence-electron chi connectivity index (χ4n) is 4.60. The Labute approximate surface area is 192 Å². The number of hydrogen-bond acceptors (Lipinski definition) is 5. The first kappa shape index (κ1) is 21.9. The van der Waals surface area contributed by atoms with Crippen molar-refractivity contribution in [1.29, 1.82) is 0 Å². The molecule has 3 aromatic heterocycles. The molecule has 0 radical (unpaired) electrons. The Bertz CT molecular complexity index is 1160. The predicted molar refractivity (Wildman–Crippen MR) is 119 cm³/mol. The van der Waals surface area contributed by atoms with Crippen LogP contribution in [-0.2, 0) is 28.6 Å². The number of fused-ring (bicyclic) bond motifs is 2. The maximum atomic E-state index is 14.8. The highest BCUT2D eigenvalue weighted by atomic mass is 35.5. The number of ether oxygens (including phenoxy) is 1. The average Bonchev–Trinajstić information content (AvgIpc) is 3.33. The first-order chi connectivity index (χ1) is 15.3. The van der Waals surface area contributed by atoms with Gasteiger partial charge in [-0.3, -0.25) is 0 Å². The van der Waals surface area contributed by atoms with Crippen molar-refractivity contribution in [2.45, 2.75) is 43.6 Å². The second-order valence-electron chi connectivity index (χ2n) is 8.29. The van der Waals surface area contributed by atoms with E-state index in [4.69, 9.17) is 16.3 Å². The highest BCUT2D eigenvalue weighted by Crippen LogP contribution is 2.57. The highest BCUT2D eigenvalue weighted by molar-refractivity contribution is 7.34. The van der Waals surface area contributed by atoms with Crippen molar-refractivity contribution in [3.8, 4) is 5.82 Å². The zero-order valence-corrected chi connectivity index (χ0v) is 19.1. The van der Waals surface area contributed by atoms with Gasteiger partial charge in [0.2, 0.25) is 4.34 Å². The fourth-order valence-corrected chi connectivity index (χ4v) is 7.62. The van der Waals surface area contributed by atoms with E-state index in [9.17, 15) is 13.9 Å². The van der Waals surface area contributed by atoms with Crippen LogP contribution in [0.4, 0.5) is 8.78 Å². The van der Waals surface area contributed by atoms with E-state index in [-0.39, 0.29) is 12.2 Å². The SMILES string of the molecule is Cc1nn(-c2ncccc2CO)cc1C[s+]1c(Cl)cc2c1C1(CCNCC1)OCC2(F)F. The molecular weight excluding hydrogens is 458 g/mol. The quantitative estimate of drug-likeness (QED) is 0.546. The van der Waals surface area contributed by atoms with Crippen LogP contribution in [0.25, 0.3) is 5.82 Å². The van der Waals surface area contributed by atoms with Crippen LogP contribution in [-0.4, -0.2) is 39.6 Å². The number of pyridine rings is 1. The Kier molecular flexibility index (Phi) is 5.58. The van der Waals surface area contributed by atoms with E-state index in [2.05, 4.69) is 15.4 Å². The third-order valence-electron chi connectivity index (χ3n) is 6.29. The smallest absolute Gasteiger partial charge is 0.301 e. The summed E-state index contributed by atoms with van der Waals surface area (Å²) in [6, 6.07) is 5.01. The van der Waals surface area contributed by atoms with Crippen LogP contribution in [0.3, 0.4) is 0 Å². The van der Waals surface area contributed by atoms with Gasteiger partial charge in [-0.2, -0.15) is 13.9 Å². The molecule has 1 atom stereocenters. The van der Waals surface area contributed by atoms with Gasteiger partial charge in [-0.15, -0.1) is 0 Å². The molecule has 5 heterocycles. The van der Waals surface area contributed by atoms with Crippen molar-refractivity contribution in [2.24, 2.45) is 0 Å². The van der Waals surface area contributed by atoms with Gasteiger partial charge in [-0.25, -0.2) is 9.67 Å². The van der Waals surface area contributed by atoms with Crippen LogP contribution in [0.2, 0.25) is 4.34 Å². The van der Waals surface area contributed by atoms with Gasteiger partial charge in [0.05, 0.1) is 17.9 Å². The zero-order chi connectivity index (χ0) is 22.5. The van der Waals surface area contributed by atoms with Gasteiger partial charge in [-0.05, 0) is 50.5 Å². The molecule has 170 valence electrons. The molecule has 1 unspecified atom stereocenters. The number of piperidine rings is 1. The van der Waals surface area contributed by atoms with Gasteiger partial charge >= 0.3 is 5.92 Å². The third kappa shape index (κ3) is 3.56. The summed E-state index contributed by atoms with van der Waals surface area (Å²) < 4.78 is 37.6. The zero-order valence-electron chi connectivity index (χ0n) is 17.6. The lowest BCUT2D eigenvalue weighted by Crippen LogP contribution is -2.47. The largest absolute Gasteiger partial charge is 0.392 e. The summed E-state index contributed by atoms with van der Waals surface area (Å²) in [5.74, 6) is -2.03. The van der Waals surface area contributed by atoms with Crippen LogP contribution in [0.5, 0.6) is 0 Å². The van der Waals surface area contributed by atoms with Gasteiger partial charge < -0.3 is 15.2 Å². The Morgan fingerprint density at radius 2 is 2.09 bits per heavy atom. The van der Waals surface area contributed by atoms with Gasteiger partial charge in [0, 0.05) is 40.1 Å². The molecule has 0 aliphatic carbocycles. The maximum absolute atomic E-state index is 14.8. The molecule has 1 saturated heterocycles. The molecule has 0 amide bonds. The summed E-state index contributed by atoms with van der Waals surface area (Å²) in [5, 5.41) is 17.5. The van der Waals surface area contributed by atoms with Crippen LogP contribution < -0.4 is 5.32 Å². The van der Waals surface area contributed by atoms with E-state index in [1.54, 1.807) is 23.0 Å². The molecule has 0 bridgehead atoms. The van der Waals surface area contributed by atoms with E-state index < -0.39 is 28.6 Å². The number of alkyl halides is 2. The van der Waals surface area contributed by atoms with Crippen molar-refractivity contribution in [1.82, 2.24) is 20.1 Å². The van der Waals surface area contributed by atoms with E-state index in [1.807, 2.05) is 13.1 Å². The second-order valence-corrected chi connectivity index (χ2v) is 10.8. The van der Waals surface area contributed by atoms with E-state index in [1.165, 1.54) is 6.07 Å². The molecule has 3 aromatic rings. The Morgan fingerprint density at radius 1 is 1.31 bits per heavy atom. The van der Waals surface area contributed by atoms with Crippen molar-refractivity contribution in [3.05, 3.63) is 62.2 Å². The molecule has 6 nitrogen and oxygen atoms in total. The van der Waals surface area contributed by atoms with Crippen molar-refractivity contribution in [2.75, 3.05) is 19.7 Å². The molecule has 5 rings (SSSR count). The van der Waals surface area contributed by atoms with Gasteiger partial charge in [-0.1, -0.05) is 6.07 Å². The number of rotatable bonds is 4. The average molecular weight is 482 g/mol. The van der Waals surface area contributed by atoms with Crippen LogP contribution >= 0.6 is 22.1 Å². The molecule has 1 spiro atoms. The number of thiophene rings is 1. The summed E-state index contributed by atoms with van der Waals surface area (Å²) in [6.07, 6.45) is 4.79. The lowest BCUT2D eigenvalue weighted by atomic mass is 9.85. The molecule has 2 aliphatic rings. The molecule has 0 saturated carbocycles. The van der Waals surface area contributed by atoms with E-state index in [0.717, 1.165) is 24.3 Å². The van der Waals surface area contributed by atoms with E-state index in [0.29, 0.717) is 39.2 Å². The Balaban J connectivity index is 1.58. The van der Waals surface area contributed by atoms with Crippen molar-refractivity contribution in [3.63, 3.8) is 0 Å². The number of halogens is 3. The number of nitrogens with one attached hydrogen (secondary N) is 1. The predicted octanol–water partition coefficient (Wildman–Crippen LogP) is 4.22. The van der Waals surface area contributed by atoms with Gasteiger partial charge in [0.25, 0.3) is 0 Å². The van der Waals surface area contributed by atoms with E-state index >= 15 is 0 Å². The minimum Gasteiger partial charge on any atom is -0.392 e. The number of aliphatic hydroxyl groups excluding tert-OH is 1. The first-order valence-electron chi connectivity index (χ1n) is 10.5. The molecule has 2 N–H and O–H groups in total. The number of aliphatic hydroxyl groups is 1. The summed E-state index contributed by atoms with van der Waals surface area (Å²) in [6.45, 7) is 2.56. The fraction of sp³-hybridized carbons (Fsp3) is 0.455. The van der Waals surface area contributed by atoms with Gasteiger partial charge in [0.1, 0.15) is 12.2 Å². The minimum absolute atomic E-state index is 0.0383. The summed E-state index contributed by atoms with van der Waals surface area (Å²) >= 11 is 6.61. The van der Waals surface area contributed by atoms with Crippen molar-refractivity contribution < 1.29 is 18.6 Å². The summed E-state index contributed by atoms with van der Waals surface area (Å²) in [4.78, 5) is 5.00. The Hall–Kier alpha value is -1.91. The maximum Gasteiger partial charge on any atom is 0.301 e. The standard InChI is InChI=1S/C22H24ClF2N4O2S/c1-14-16(10-29(28-14)20-15(11-30)3-2-6-27-20)12-32-18(23)9-17-19(32)21(4-7-26-8-5-21)31-13-22(17,24)25/h2-3,6,9-10,26,30H,4-5,7-8,11-13H2,1H3/q+1. The number of hydrogen-bond donors (Lipinski definition) is 2. The third-order valence-corrected chi connectivity index (χ3v) is 9.23. The number of aromatic nitrogens is 3. The molecule has 2 aliphatic heterocycles. The summed E-state index contributed by atoms with van der Waals surface area (Å²) in [7, 11) is -0.733. The Morgan fingerprint density at radius 3 is 2.84 bits per heavy atom. The molecule has 32 heavy (non-hydrogen) atoms. The molecule has 10 heteroatoms. The lowest BCUT2D eigenvalue weighted by molar-refractivity contribution is -0.175. The summed E-state index contributed by atoms with van der Waals surface area (Å²) in [5.41, 5.74) is 1.67. The molecular formula is C22H24ClF2N4O2S+. The molecule has 0 aromatic carbocycles.